The van der Waals surface area contributed by atoms with Crippen LogP contribution in [0.5, 0.6) is 0 Å². The van der Waals surface area contributed by atoms with Crippen molar-refractivity contribution < 1.29 is 14.3 Å². The van der Waals surface area contributed by atoms with Gasteiger partial charge in [-0.2, -0.15) is 0 Å². The van der Waals surface area contributed by atoms with E-state index in [1.165, 1.54) is 18.0 Å². The predicted octanol–water partition coefficient (Wildman–Crippen LogP) is 3.83. The number of rotatable bonds is 7. The van der Waals surface area contributed by atoms with Crippen LogP contribution in [0.25, 0.3) is 0 Å². The minimum atomic E-state index is -0.495. The number of benzene rings is 2. The number of esters is 1. The molecule has 148 valence electrons. The van der Waals surface area contributed by atoms with Crippen LogP contribution in [-0.4, -0.2) is 28.5 Å². The van der Waals surface area contributed by atoms with E-state index in [4.69, 9.17) is 4.74 Å². The number of carbonyl (C=O) groups excluding carboxylic acids is 2. The molecular formula is C22H22N4O3. The maximum atomic E-state index is 12.5. The average Bonchev–Trinajstić information content (AvgIpc) is 2.73. The zero-order valence-electron chi connectivity index (χ0n) is 16.3. The van der Waals surface area contributed by atoms with E-state index < -0.39 is 11.9 Å². The molecule has 0 saturated carbocycles. The molecule has 0 saturated heterocycles. The molecule has 0 radical (unpaired) electrons. The second-order valence-electron chi connectivity index (χ2n) is 6.35. The maximum Gasteiger partial charge on any atom is 0.340 e. The van der Waals surface area contributed by atoms with Crippen molar-refractivity contribution in [2.75, 3.05) is 17.2 Å². The Kier molecular flexibility index (Phi) is 6.52. The number of anilines is 2. The smallest absolute Gasteiger partial charge is 0.340 e. The first kappa shape index (κ1) is 20.0. The van der Waals surface area contributed by atoms with E-state index in [1.807, 2.05) is 25.1 Å². The number of para-hydroxylation sites is 1. The quantitative estimate of drug-likeness (QED) is 0.596. The first-order chi connectivity index (χ1) is 14.1. The monoisotopic (exact) mass is 390 g/mol. The van der Waals surface area contributed by atoms with Gasteiger partial charge in [-0.05, 0) is 31.5 Å². The van der Waals surface area contributed by atoms with E-state index in [9.17, 15) is 9.59 Å². The van der Waals surface area contributed by atoms with E-state index in [1.54, 1.807) is 31.2 Å². The largest absolute Gasteiger partial charge is 0.462 e. The van der Waals surface area contributed by atoms with E-state index in [2.05, 4.69) is 26.7 Å². The lowest BCUT2D eigenvalue weighted by Crippen LogP contribution is -2.17. The fourth-order valence-corrected chi connectivity index (χ4v) is 2.72. The molecule has 29 heavy (non-hydrogen) atoms. The lowest BCUT2D eigenvalue weighted by Gasteiger charge is -2.10. The summed E-state index contributed by atoms with van der Waals surface area (Å²) in [6.45, 7) is 4.62. The van der Waals surface area contributed by atoms with Gasteiger partial charge in [0.05, 0.1) is 30.3 Å². The van der Waals surface area contributed by atoms with Crippen molar-refractivity contribution in [1.82, 2.24) is 9.97 Å². The number of aromatic nitrogens is 2. The summed E-state index contributed by atoms with van der Waals surface area (Å²) in [4.78, 5) is 32.9. The summed E-state index contributed by atoms with van der Waals surface area (Å²) in [5.41, 5.74) is 3.10. The lowest BCUT2D eigenvalue weighted by molar-refractivity contribution is 0.0527. The van der Waals surface area contributed by atoms with Crippen LogP contribution < -0.4 is 10.6 Å². The molecular weight excluding hydrogens is 368 g/mol. The van der Waals surface area contributed by atoms with E-state index in [0.29, 0.717) is 18.1 Å². The van der Waals surface area contributed by atoms with Gasteiger partial charge in [-0.25, -0.2) is 14.8 Å². The van der Waals surface area contributed by atoms with Crippen LogP contribution in [-0.2, 0) is 11.3 Å². The van der Waals surface area contributed by atoms with Crippen molar-refractivity contribution in [3.05, 3.63) is 83.3 Å². The number of ether oxygens (including phenoxy) is 1. The Morgan fingerprint density at radius 2 is 1.86 bits per heavy atom. The molecule has 0 spiro atoms. The summed E-state index contributed by atoms with van der Waals surface area (Å²) >= 11 is 0. The number of nitrogens with one attached hydrogen (secondary N) is 2. The normalized spacial score (nSPS) is 10.3. The second kappa shape index (κ2) is 9.45. The summed E-state index contributed by atoms with van der Waals surface area (Å²) in [6.07, 6.45) is 2.89. The minimum absolute atomic E-state index is 0.143. The van der Waals surface area contributed by atoms with Gasteiger partial charge in [0.2, 0.25) is 0 Å². The molecule has 0 aliphatic carbocycles. The van der Waals surface area contributed by atoms with Crippen LogP contribution in [0.3, 0.4) is 0 Å². The molecule has 0 fully saturated rings. The lowest BCUT2D eigenvalue weighted by atomic mass is 10.1. The first-order valence-corrected chi connectivity index (χ1v) is 9.25. The minimum Gasteiger partial charge on any atom is -0.462 e. The standard InChI is InChI=1S/C22H22N4O3/c1-3-29-22(28)17-9-4-5-10-18(17)26-21(27)19-13-25-20(14-23-19)24-12-16-8-6-7-15(2)11-16/h4-11,13-14H,3,12H2,1-2H3,(H,24,25)(H,26,27). The number of hydrogen-bond donors (Lipinski definition) is 2. The molecule has 1 amide bonds. The Labute approximate surface area is 169 Å². The fourth-order valence-electron chi connectivity index (χ4n) is 2.72. The molecule has 2 N–H and O–H groups in total. The molecule has 1 aromatic heterocycles. The predicted molar refractivity (Wildman–Crippen MR) is 111 cm³/mol. The third-order valence-electron chi connectivity index (χ3n) is 4.11. The molecule has 3 rings (SSSR count). The summed E-state index contributed by atoms with van der Waals surface area (Å²) in [5, 5.41) is 5.86. The van der Waals surface area contributed by atoms with Gasteiger partial charge in [0.1, 0.15) is 11.5 Å². The van der Waals surface area contributed by atoms with Crippen LogP contribution in [0.15, 0.2) is 60.9 Å². The SMILES string of the molecule is CCOC(=O)c1ccccc1NC(=O)c1cnc(NCc2cccc(C)c2)cn1. The Balaban J connectivity index is 1.64. The maximum absolute atomic E-state index is 12.5. The van der Waals surface area contributed by atoms with Gasteiger partial charge in [0.15, 0.2) is 0 Å². The van der Waals surface area contributed by atoms with E-state index >= 15 is 0 Å². The van der Waals surface area contributed by atoms with Gasteiger partial charge in [0.25, 0.3) is 5.91 Å². The topological polar surface area (TPSA) is 93.2 Å². The summed E-state index contributed by atoms with van der Waals surface area (Å²) < 4.78 is 5.02. The third-order valence-corrected chi connectivity index (χ3v) is 4.11. The molecule has 0 bridgehead atoms. The van der Waals surface area contributed by atoms with Crippen LogP contribution in [0.1, 0.15) is 38.9 Å². The number of hydrogen-bond acceptors (Lipinski definition) is 6. The zero-order valence-corrected chi connectivity index (χ0v) is 16.3. The van der Waals surface area contributed by atoms with E-state index in [-0.39, 0.29) is 17.9 Å². The zero-order chi connectivity index (χ0) is 20.6. The molecule has 7 nitrogen and oxygen atoms in total. The van der Waals surface area contributed by atoms with Gasteiger partial charge in [-0.3, -0.25) is 4.79 Å². The highest BCUT2D eigenvalue weighted by Crippen LogP contribution is 2.17. The molecule has 7 heteroatoms. The van der Waals surface area contributed by atoms with Crippen molar-refractivity contribution in [2.45, 2.75) is 20.4 Å². The Morgan fingerprint density at radius 1 is 1.03 bits per heavy atom. The highest BCUT2D eigenvalue weighted by molar-refractivity contribution is 6.06. The van der Waals surface area contributed by atoms with Gasteiger partial charge in [-0.15, -0.1) is 0 Å². The Morgan fingerprint density at radius 3 is 2.59 bits per heavy atom. The van der Waals surface area contributed by atoms with Crippen LogP contribution in [0.4, 0.5) is 11.5 Å². The molecule has 0 atom stereocenters. The number of nitrogens with zero attached hydrogens (tertiary/aromatic N) is 2. The molecule has 3 aromatic rings. The second-order valence-corrected chi connectivity index (χ2v) is 6.35. The molecule has 2 aromatic carbocycles. The molecule has 0 unspecified atom stereocenters. The van der Waals surface area contributed by atoms with Crippen LogP contribution in [0, 0.1) is 6.92 Å². The Hall–Kier alpha value is -3.74. The highest BCUT2D eigenvalue weighted by Gasteiger charge is 2.15. The van der Waals surface area contributed by atoms with Crippen molar-refractivity contribution in [2.24, 2.45) is 0 Å². The number of amides is 1. The van der Waals surface area contributed by atoms with Crippen LogP contribution >= 0.6 is 0 Å². The number of carbonyl (C=O) groups is 2. The average molecular weight is 390 g/mol. The van der Waals surface area contributed by atoms with Crippen molar-refractivity contribution in [1.29, 1.82) is 0 Å². The van der Waals surface area contributed by atoms with Gasteiger partial charge in [-0.1, -0.05) is 42.0 Å². The van der Waals surface area contributed by atoms with Gasteiger partial charge >= 0.3 is 5.97 Å². The van der Waals surface area contributed by atoms with Gasteiger partial charge in [0, 0.05) is 6.54 Å². The molecule has 1 heterocycles. The molecule has 0 aliphatic rings. The summed E-state index contributed by atoms with van der Waals surface area (Å²) in [7, 11) is 0. The van der Waals surface area contributed by atoms with Crippen LogP contribution in [0.2, 0.25) is 0 Å². The van der Waals surface area contributed by atoms with Gasteiger partial charge < -0.3 is 15.4 Å². The summed E-state index contributed by atoms with van der Waals surface area (Å²) in [6, 6.07) is 14.8. The van der Waals surface area contributed by atoms with Crippen molar-refractivity contribution in [3.8, 4) is 0 Å². The highest BCUT2D eigenvalue weighted by atomic mass is 16.5. The summed E-state index contributed by atoms with van der Waals surface area (Å²) in [5.74, 6) is -0.389. The third kappa shape index (κ3) is 5.38. The number of aryl methyl sites for hydroxylation is 1. The fraction of sp³-hybridized carbons (Fsp3) is 0.182. The van der Waals surface area contributed by atoms with Crippen molar-refractivity contribution >= 4 is 23.4 Å². The molecule has 0 aliphatic heterocycles. The first-order valence-electron chi connectivity index (χ1n) is 9.25. The van der Waals surface area contributed by atoms with Crippen molar-refractivity contribution in [3.63, 3.8) is 0 Å². The Bertz CT molecular complexity index is 1000. The van der Waals surface area contributed by atoms with E-state index in [0.717, 1.165) is 5.56 Å².